The number of carbonyl (C=O) groups is 1. The van der Waals surface area contributed by atoms with Gasteiger partial charge in [-0.1, -0.05) is 6.92 Å². The number of nitrogens with two attached hydrogens (primary N) is 1. The molecule has 1 aromatic rings. The second-order valence-electron chi connectivity index (χ2n) is 4.43. The lowest BCUT2D eigenvalue weighted by Crippen LogP contribution is -2.37. The Balaban J connectivity index is 3.00. The Kier molecular flexibility index (Phi) is 4.97. The molecule has 0 spiro atoms. The first kappa shape index (κ1) is 14.3. The molecule has 5 nitrogen and oxygen atoms in total. The monoisotopic (exact) mass is 251 g/mol. The molecule has 0 heterocycles. The minimum absolute atomic E-state index is 0.0676. The largest absolute Gasteiger partial charge is 0.399 e. The summed E-state index contributed by atoms with van der Waals surface area (Å²) < 4.78 is 0. The standard InChI is InChI=1S/C13H21N3O2/c1-4-10(8-17)15-13(18)11-7-9(14)5-6-12(11)16(2)3/h5-7,10,17H,4,8,14H2,1-3H3,(H,15,18). The summed E-state index contributed by atoms with van der Waals surface area (Å²) in [6, 6.07) is 4.99. The minimum atomic E-state index is -0.228. The topological polar surface area (TPSA) is 78.6 Å². The van der Waals surface area contributed by atoms with Crippen LogP contribution in [0, 0.1) is 0 Å². The quantitative estimate of drug-likeness (QED) is 0.677. The Morgan fingerprint density at radius 3 is 2.67 bits per heavy atom. The average molecular weight is 251 g/mol. The van der Waals surface area contributed by atoms with Gasteiger partial charge in [0.2, 0.25) is 0 Å². The third kappa shape index (κ3) is 3.37. The highest BCUT2D eigenvalue weighted by molar-refractivity contribution is 6.00. The van der Waals surface area contributed by atoms with Crippen LogP contribution in [0.3, 0.4) is 0 Å². The fraction of sp³-hybridized carbons (Fsp3) is 0.462. The van der Waals surface area contributed by atoms with E-state index in [1.165, 1.54) is 0 Å². The second kappa shape index (κ2) is 6.26. The van der Waals surface area contributed by atoms with Crippen molar-refractivity contribution in [1.82, 2.24) is 5.32 Å². The summed E-state index contributed by atoms with van der Waals surface area (Å²) in [5.41, 5.74) is 7.58. The van der Waals surface area contributed by atoms with Crippen molar-refractivity contribution >= 4 is 17.3 Å². The SMILES string of the molecule is CCC(CO)NC(=O)c1cc(N)ccc1N(C)C. The number of carbonyl (C=O) groups excluding carboxylic acids is 1. The van der Waals surface area contributed by atoms with Crippen LogP contribution in [0.2, 0.25) is 0 Å². The van der Waals surface area contributed by atoms with Crippen molar-refractivity contribution in [1.29, 1.82) is 0 Å². The lowest BCUT2D eigenvalue weighted by molar-refractivity contribution is 0.0915. The number of hydrogen-bond donors (Lipinski definition) is 3. The van der Waals surface area contributed by atoms with Crippen LogP contribution in [0.1, 0.15) is 23.7 Å². The molecule has 18 heavy (non-hydrogen) atoms. The zero-order valence-electron chi connectivity index (χ0n) is 11.1. The maximum Gasteiger partial charge on any atom is 0.253 e. The molecule has 0 saturated carbocycles. The Bertz CT molecular complexity index is 415. The van der Waals surface area contributed by atoms with Gasteiger partial charge >= 0.3 is 0 Å². The van der Waals surface area contributed by atoms with Crippen LogP contribution in [0.5, 0.6) is 0 Å². The van der Waals surface area contributed by atoms with Crippen molar-refractivity contribution < 1.29 is 9.90 Å². The summed E-state index contributed by atoms with van der Waals surface area (Å²) in [6.07, 6.45) is 0.682. The molecule has 1 rings (SSSR count). The van der Waals surface area contributed by atoms with E-state index in [1.54, 1.807) is 12.1 Å². The molecule has 100 valence electrons. The summed E-state index contributed by atoms with van der Waals surface area (Å²) in [4.78, 5) is 14.0. The zero-order chi connectivity index (χ0) is 13.7. The van der Waals surface area contributed by atoms with E-state index in [4.69, 9.17) is 10.8 Å². The number of nitrogen functional groups attached to an aromatic ring is 1. The highest BCUT2D eigenvalue weighted by Gasteiger charge is 2.16. The van der Waals surface area contributed by atoms with Crippen LogP contribution in [0.25, 0.3) is 0 Å². The van der Waals surface area contributed by atoms with Gasteiger partial charge in [0, 0.05) is 25.5 Å². The molecule has 0 saturated heterocycles. The number of nitrogens with one attached hydrogen (secondary N) is 1. The first-order valence-electron chi connectivity index (χ1n) is 5.98. The van der Waals surface area contributed by atoms with Crippen molar-refractivity contribution in [2.75, 3.05) is 31.3 Å². The average Bonchev–Trinajstić information content (AvgIpc) is 2.35. The summed E-state index contributed by atoms with van der Waals surface area (Å²) in [6.45, 7) is 1.84. The van der Waals surface area contributed by atoms with Gasteiger partial charge in [0.1, 0.15) is 0 Å². The lowest BCUT2D eigenvalue weighted by Gasteiger charge is -2.20. The molecular formula is C13H21N3O2. The van der Waals surface area contributed by atoms with Crippen molar-refractivity contribution in [3.8, 4) is 0 Å². The van der Waals surface area contributed by atoms with Gasteiger partial charge in [-0.25, -0.2) is 0 Å². The van der Waals surface area contributed by atoms with Crippen LogP contribution in [0.4, 0.5) is 11.4 Å². The number of nitrogens with zero attached hydrogens (tertiary/aromatic N) is 1. The highest BCUT2D eigenvalue weighted by Crippen LogP contribution is 2.21. The van der Waals surface area contributed by atoms with Crippen molar-refractivity contribution in [3.05, 3.63) is 23.8 Å². The van der Waals surface area contributed by atoms with E-state index in [0.717, 1.165) is 5.69 Å². The highest BCUT2D eigenvalue weighted by atomic mass is 16.3. The molecule has 0 radical (unpaired) electrons. The minimum Gasteiger partial charge on any atom is -0.399 e. The smallest absolute Gasteiger partial charge is 0.253 e. The maximum absolute atomic E-state index is 12.1. The number of hydrogen-bond acceptors (Lipinski definition) is 4. The molecule has 0 aliphatic heterocycles. The van der Waals surface area contributed by atoms with E-state index >= 15 is 0 Å². The number of rotatable bonds is 5. The third-order valence-electron chi connectivity index (χ3n) is 2.80. The number of amides is 1. The predicted molar refractivity (Wildman–Crippen MR) is 73.8 cm³/mol. The zero-order valence-corrected chi connectivity index (χ0v) is 11.1. The van der Waals surface area contributed by atoms with E-state index in [9.17, 15) is 4.79 Å². The maximum atomic E-state index is 12.1. The molecule has 0 bridgehead atoms. The Hall–Kier alpha value is -1.75. The lowest BCUT2D eigenvalue weighted by atomic mass is 10.1. The molecule has 0 aliphatic carbocycles. The second-order valence-corrected chi connectivity index (χ2v) is 4.43. The number of aliphatic hydroxyl groups excluding tert-OH is 1. The summed E-state index contributed by atoms with van der Waals surface area (Å²) in [5.74, 6) is -0.216. The van der Waals surface area contributed by atoms with Crippen LogP contribution in [0.15, 0.2) is 18.2 Å². The molecule has 5 heteroatoms. The molecule has 0 aromatic heterocycles. The van der Waals surface area contributed by atoms with Gasteiger partial charge in [-0.05, 0) is 24.6 Å². The van der Waals surface area contributed by atoms with Gasteiger partial charge in [0.05, 0.1) is 18.2 Å². The number of benzene rings is 1. The molecule has 0 fully saturated rings. The molecular weight excluding hydrogens is 230 g/mol. The van der Waals surface area contributed by atoms with Gasteiger partial charge < -0.3 is 21.1 Å². The van der Waals surface area contributed by atoms with Crippen LogP contribution in [-0.2, 0) is 0 Å². The van der Waals surface area contributed by atoms with Crippen molar-refractivity contribution in [2.45, 2.75) is 19.4 Å². The molecule has 1 amide bonds. The predicted octanol–water partition coefficient (Wildman–Crippen LogP) is 0.835. The molecule has 4 N–H and O–H groups in total. The van der Waals surface area contributed by atoms with Gasteiger partial charge in [-0.15, -0.1) is 0 Å². The Morgan fingerprint density at radius 1 is 1.50 bits per heavy atom. The van der Waals surface area contributed by atoms with E-state index < -0.39 is 0 Å². The normalized spacial score (nSPS) is 12.0. The fourth-order valence-electron chi connectivity index (χ4n) is 1.67. The van der Waals surface area contributed by atoms with E-state index in [0.29, 0.717) is 17.7 Å². The van der Waals surface area contributed by atoms with E-state index in [-0.39, 0.29) is 18.6 Å². The summed E-state index contributed by atoms with van der Waals surface area (Å²) in [7, 11) is 3.73. The van der Waals surface area contributed by atoms with Crippen molar-refractivity contribution in [2.24, 2.45) is 0 Å². The fourth-order valence-corrected chi connectivity index (χ4v) is 1.67. The van der Waals surface area contributed by atoms with Crippen LogP contribution in [-0.4, -0.2) is 37.8 Å². The summed E-state index contributed by atoms with van der Waals surface area (Å²) >= 11 is 0. The summed E-state index contributed by atoms with van der Waals surface area (Å²) in [5, 5.41) is 11.9. The molecule has 0 aliphatic rings. The van der Waals surface area contributed by atoms with E-state index in [1.807, 2.05) is 32.0 Å². The van der Waals surface area contributed by atoms with Crippen molar-refractivity contribution in [3.63, 3.8) is 0 Å². The Labute approximate surface area is 108 Å². The number of anilines is 2. The van der Waals surface area contributed by atoms with Gasteiger partial charge in [-0.2, -0.15) is 0 Å². The molecule has 1 aromatic carbocycles. The molecule has 1 unspecified atom stereocenters. The van der Waals surface area contributed by atoms with Crippen LogP contribution < -0.4 is 16.0 Å². The third-order valence-corrected chi connectivity index (χ3v) is 2.80. The first-order chi connectivity index (χ1) is 8.49. The van der Waals surface area contributed by atoms with Gasteiger partial charge in [-0.3, -0.25) is 4.79 Å². The van der Waals surface area contributed by atoms with Gasteiger partial charge in [0.25, 0.3) is 5.91 Å². The van der Waals surface area contributed by atoms with Gasteiger partial charge in [0.15, 0.2) is 0 Å². The number of aliphatic hydroxyl groups is 1. The molecule has 1 atom stereocenters. The van der Waals surface area contributed by atoms with E-state index in [2.05, 4.69) is 5.32 Å². The first-order valence-corrected chi connectivity index (χ1v) is 5.98. The van der Waals surface area contributed by atoms with Crippen LogP contribution >= 0.6 is 0 Å². The Morgan fingerprint density at radius 2 is 2.17 bits per heavy atom.